The second-order valence-corrected chi connectivity index (χ2v) is 7.69. The number of unbranched alkanes of at least 4 members (excludes halogenated alkanes) is 3. The molecule has 2 atom stereocenters. The topological polar surface area (TPSA) is 124 Å². The molecule has 0 saturated heterocycles. The lowest BCUT2D eigenvalue weighted by Crippen LogP contribution is -2.10. The molecule has 98 valence electrons. The molecule has 0 aliphatic heterocycles. The van der Waals surface area contributed by atoms with Crippen LogP contribution in [0.4, 0.5) is 0 Å². The maximum absolute atomic E-state index is 11.2. The van der Waals surface area contributed by atoms with Crippen LogP contribution in [0.15, 0.2) is 0 Å². The molecule has 4 N–H and O–H groups in total. The summed E-state index contributed by atoms with van der Waals surface area (Å²) in [5.41, 5.74) is 0. The van der Waals surface area contributed by atoms with Crippen molar-refractivity contribution in [2.45, 2.75) is 44.4 Å². The Hall–Kier alpha value is 0.260. The second-order valence-electron chi connectivity index (χ2n) is 3.56. The van der Waals surface area contributed by atoms with Crippen LogP contribution < -0.4 is 0 Å². The normalized spacial score (nSPS) is 18.1. The van der Waals surface area contributed by atoms with Gasteiger partial charge in [0.05, 0.1) is 0 Å². The van der Waals surface area contributed by atoms with Gasteiger partial charge in [-0.05, 0) is 6.42 Å². The van der Waals surface area contributed by atoms with Gasteiger partial charge in [0, 0.05) is 0 Å². The third-order valence-electron chi connectivity index (χ3n) is 2.20. The van der Waals surface area contributed by atoms with Crippen molar-refractivity contribution in [3.8, 4) is 0 Å². The monoisotopic (exact) mass is 276 g/mol. The Balaban J connectivity index is 4.48. The molecule has 7 nitrogen and oxygen atoms in total. The summed E-state index contributed by atoms with van der Waals surface area (Å²) in [7, 11) is -9.42. The average Bonchev–Trinajstić information content (AvgIpc) is 2.15. The molecule has 0 fully saturated rings. The fourth-order valence-corrected chi connectivity index (χ4v) is 4.11. The third-order valence-corrected chi connectivity index (χ3v) is 6.26. The maximum atomic E-state index is 11.2. The highest BCUT2D eigenvalue weighted by atomic mass is 31.2. The Morgan fingerprint density at radius 3 is 2.06 bits per heavy atom. The third kappa shape index (κ3) is 5.55. The van der Waals surface area contributed by atoms with E-state index >= 15 is 0 Å². The molecular formula is C7H18O7P2. The van der Waals surface area contributed by atoms with E-state index in [4.69, 9.17) is 19.9 Å². The molecule has 0 rings (SSSR count). The van der Waals surface area contributed by atoms with Gasteiger partial charge in [-0.1, -0.05) is 32.6 Å². The van der Waals surface area contributed by atoms with Crippen LogP contribution in [-0.4, -0.2) is 25.3 Å². The second kappa shape index (κ2) is 6.87. The van der Waals surface area contributed by atoms with Gasteiger partial charge in [-0.2, -0.15) is 4.67 Å². The standard InChI is InChI=1S/C7H18O7P2/c1-2-3-4-5-6-7(15(9,10)11)16(12,13)14-8/h7-8H,2-6H2,1H3,(H,12,13)(H2,9,10,11). The van der Waals surface area contributed by atoms with Crippen molar-refractivity contribution in [2.24, 2.45) is 0 Å². The van der Waals surface area contributed by atoms with Crippen molar-refractivity contribution in [3.05, 3.63) is 0 Å². The van der Waals surface area contributed by atoms with Crippen molar-refractivity contribution < 1.29 is 33.7 Å². The Morgan fingerprint density at radius 2 is 1.69 bits per heavy atom. The quantitative estimate of drug-likeness (QED) is 0.231. The van der Waals surface area contributed by atoms with Gasteiger partial charge in [-0.25, -0.2) is 5.26 Å². The van der Waals surface area contributed by atoms with E-state index in [1.54, 1.807) is 0 Å². The van der Waals surface area contributed by atoms with Crippen molar-refractivity contribution in [2.75, 3.05) is 0 Å². The van der Waals surface area contributed by atoms with E-state index in [1.165, 1.54) is 0 Å². The lowest BCUT2D eigenvalue weighted by molar-refractivity contribution is -0.146. The molecule has 0 aromatic heterocycles. The summed E-state index contributed by atoms with van der Waals surface area (Å²) >= 11 is 0. The zero-order valence-corrected chi connectivity index (χ0v) is 10.8. The van der Waals surface area contributed by atoms with E-state index in [9.17, 15) is 9.13 Å². The Labute approximate surface area is 94.1 Å². The summed E-state index contributed by atoms with van der Waals surface area (Å²) in [6, 6.07) is 0. The molecule has 0 radical (unpaired) electrons. The van der Waals surface area contributed by atoms with Crippen LogP contribution in [0.3, 0.4) is 0 Å². The molecule has 0 aliphatic rings. The van der Waals surface area contributed by atoms with Gasteiger partial charge in [0.1, 0.15) is 0 Å². The van der Waals surface area contributed by atoms with Crippen molar-refractivity contribution in [1.29, 1.82) is 0 Å². The highest BCUT2D eigenvalue weighted by Gasteiger charge is 2.45. The first-order chi connectivity index (χ1) is 7.25. The SMILES string of the molecule is CCCCCCC(P(=O)(O)O)P(=O)(O)OO. The lowest BCUT2D eigenvalue weighted by Gasteiger charge is -2.20. The van der Waals surface area contributed by atoms with E-state index in [-0.39, 0.29) is 6.42 Å². The maximum Gasteiger partial charge on any atom is 0.370 e. The molecule has 0 saturated carbocycles. The average molecular weight is 276 g/mol. The fraction of sp³-hybridized carbons (Fsp3) is 1.00. The molecule has 9 heteroatoms. The predicted molar refractivity (Wildman–Crippen MR) is 58.1 cm³/mol. The molecule has 0 amide bonds. The van der Waals surface area contributed by atoms with Crippen LogP contribution in [0.25, 0.3) is 0 Å². The number of hydrogen-bond donors (Lipinski definition) is 4. The van der Waals surface area contributed by atoms with E-state index in [1.807, 2.05) is 6.92 Å². The van der Waals surface area contributed by atoms with Gasteiger partial charge >= 0.3 is 15.2 Å². The summed E-state index contributed by atoms with van der Waals surface area (Å²) in [6.07, 6.45) is 2.77. The highest BCUT2D eigenvalue weighted by Crippen LogP contribution is 2.64. The predicted octanol–water partition coefficient (Wildman–Crippen LogP) is 2.14. The molecule has 0 spiro atoms. The molecule has 0 aromatic carbocycles. The lowest BCUT2D eigenvalue weighted by atomic mass is 10.2. The van der Waals surface area contributed by atoms with Gasteiger partial charge < -0.3 is 14.7 Å². The fourth-order valence-electron chi connectivity index (χ4n) is 1.33. The van der Waals surface area contributed by atoms with Crippen LogP contribution in [0.1, 0.15) is 39.0 Å². The van der Waals surface area contributed by atoms with Gasteiger partial charge in [0.2, 0.25) is 0 Å². The van der Waals surface area contributed by atoms with E-state index in [2.05, 4.69) is 4.67 Å². The molecule has 0 aromatic rings. The molecule has 0 heterocycles. The number of hydrogen-bond acceptors (Lipinski definition) is 4. The van der Waals surface area contributed by atoms with Gasteiger partial charge in [0.15, 0.2) is 5.40 Å². The zero-order valence-electron chi connectivity index (χ0n) is 9.02. The van der Waals surface area contributed by atoms with Crippen LogP contribution in [-0.2, 0) is 13.8 Å². The molecule has 16 heavy (non-hydrogen) atoms. The van der Waals surface area contributed by atoms with Crippen LogP contribution in [0.2, 0.25) is 0 Å². The summed E-state index contributed by atoms with van der Waals surface area (Å²) in [4.78, 5) is 26.8. The highest BCUT2D eigenvalue weighted by molar-refractivity contribution is 7.71. The first-order valence-electron chi connectivity index (χ1n) is 4.96. The van der Waals surface area contributed by atoms with Crippen LogP contribution in [0.5, 0.6) is 0 Å². The van der Waals surface area contributed by atoms with Crippen molar-refractivity contribution in [1.82, 2.24) is 0 Å². The molecular weight excluding hydrogens is 258 g/mol. The zero-order chi connectivity index (χ0) is 12.8. The summed E-state index contributed by atoms with van der Waals surface area (Å²) in [6.45, 7) is 1.97. The summed E-state index contributed by atoms with van der Waals surface area (Å²) in [5, 5.41) is 6.33. The van der Waals surface area contributed by atoms with Crippen molar-refractivity contribution in [3.63, 3.8) is 0 Å². The smallest absolute Gasteiger partial charge is 0.324 e. The Kier molecular flexibility index (Phi) is 6.98. The largest absolute Gasteiger partial charge is 0.370 e. The first-order valence-corrected chi connectivity index (χ1v) is 8.29. The van der Waals surface area contributed by atoms with Crippen molar-refractivity contribution >= 4 is 15.2 Å². The molecule has 0 aliphatic carbocycles. The Bertz CT molecular complexity index is 286. The van der Waals surface area contributed by atoms with E-state index in [0.717, 1.165) is 12.8 Å². The Morgan fingerprint density at radius 1 is 1.12 bits per heavy atom. The van der Waals surface area contributed by atoms with Gasteiger partial charge in [-0.3, -0.25) is 9.13 Å². The van der Waals surface area contributed by atoms with Crippen LogP contribution >= 0.6 is 15.2 Å². The minimum absolute atomic E-state index is 0.154. The molecule has 0 bridgehead atoms. The minimum Gasteiger partial charge on any atom is -0.324 e. The summed E-state index contributed by atoms with van der Waals surface area (Å²) < 4.78 is 25.5. The first kappa shape index (κ1) is 16.3. The van der Waals surface area contributed by atoms with E-state index in [0.29, 0.717) is 12.8 Å². The van der Waals surface area contributed by atoms with Gasteiger partial charge in [0.25, 0.3) is 0 Å². The number of rotatable bonds is 8. The van der Waals surface area contributed by atoms with E-state index < -0.39 is 20.6 Å². The van der Waals surface area contributed by atoms with Crippen LogP contribution in [0, 0.1) is 0 Å². The minimum atomic E-state index is -4.76. The molecule has 2 unspecified atom stereocenters. The van der Waals surface area contributed by atoms with Gasteiger partial charge in [-0.15, -0.1) is 0 Å². The summed E-state index contributed by atoms with van der Waals surface area (Å²) in [5.74, 6) is 0.